The number of likely N-dealkylation sites (tertiary alicyclic amines) is 1. The van der Waals surface area contributed by atoms with Crippen molar-refractivity contribution in [3.63, 3.8) is 0 Å². The van der Waals surface area contributed by atoms with E-state index in [1.54, 1.807) is 4.90 Å². The van der Waals surface area contributed by atoms with Crippen molar-refractivity contribution >= 4 is 23.0 Å². The minimum Gasteiger partial charge on any atom is -0.358 e. The SMILES string of the molecule is Cc1ccccc1NC(=S)NCc1ccc(C[NH+]2CCCC2)cc1. The Morgan fingerprint density at radius 3 is 2.38 bits per heavy atom. The molecule has 3 N–H and O–H groups in total. The molecule has 1 saturated heterocycles. The minimum atomic E-state index is 0.662. The number of aryl methyl sites for hydroxylation is 1. The van der Waals surface area contributed by atoms with Crippen LogP contribution in [0.3, 0.4) is 0 Å². The Kier molecular flexibility index (Phi) is 5.83. The zero-order valence-electron chi connectivity index (χ0n) is 14.3. The largest absolute Gasteiger partial charge is 0.358 e. The fraction of sp³-hybridized carbons (Fsp3) is 0.350. The van der Waals surface area contributed by atoms with Crippen molar-refractivity contribution in [3.05, 3.63) is 65.2 Å². The van der Waals surface area contributed by atoms with Crippen LogP contribution < -0.4 is 15.5 Å². The van der Waals surface area contributed by atoms with Crippen LogP contribution in [-0.2, 0) is 13.1 Å². The molecule has 0 aliphatic carbocycles. The lowest BCUT2D eigenvalue weighted by Crippen LogP contribution is -3.08. The molecule has 0 radical (unpaired) electrons. The summed E-state index contributed by atoms with van der Waals surface area (Å²) in [5.41, 5.74) is 4.93. The molecule has 0 spiro atoms. The number of hydrogen-bond acceptors (Lipinski definition) is 1. The van der Waals surface area contributed by atoms with E-state index >= 15 is 0 Å². The van der Waals surface area contributed by atoms with Crippen LogP contribution in [0.1, 0.15) is 29.5 Å². The van der Waals surface area contributed by atoms with E-state index in [1.165, 1.54) is 42.6 Å². The average molecular weight is 341 g/mol. The van der Waals surface area contributed by atoms with Crippen LogP contribution in [0, 0.1) is 6.92 Å². The van der Waals surface area contributed by atoms with Crippen LogP contribution in [0.15, 0.2) is 48.5 Å². The second-order valence-electron chi connectivity index (χ2n) is 6.57. The topological polar surface area (TPSA) is 28.5 Å². The van der Waals surface area contributed by atoms with E-state index in [1.807, 2.05) is 18.2 Å². The molecule has 0 bridgehead atoms. The van der Waals surface area contributed by atoms with Gasteiger partial charge in [-0.3, -0.25) is 0 Å². The molecule has 0 unspecified atom stereocenters. The second-order valence-corrected chi connectivity index (χ2v) is 6.98. The number of anilines is 1. The van der Waals surface area contributed by atoms with Crippen LogP contribution in [0.5, 0.6) is 0 Å². The molecule has 1 aliphatic heterocycles. The molecule has 1 heterocycles. The Labute approximate surface area is 150 Å². The standard InChI is InChI=1S/C20H25N3S/c1-16-6-2-3-7-19(16)22-20(24)21-14-17-8-10-18(11-9-17)15-23-12-4-5-13-23/h2-3,6-11H,4-5,12-15H2,1H3,(H2,21,22,24)/p+1. The quantitative estimate of drug-likeness (QED) is 0.731. The second kappa shape index (κ2) is 8.27. The smallest absolute Gasteiger partial charge is 0.171 e. The third kappa shape index (κ3) is 4.79. The summed E-state index contributed by atoms with van der Waals surface area (Å²) in [6, 6.07) is 17.1. The van der Waals surface area contributed by atoms with Crippen molar-refractivity contribution in [2.75, 3.05) is 18.4 Å². The molecule has 0 amide bonds. The predicted octanol–water partition coefficient (Wildman–Crippen LogP) is 2.66. The normalized spacial score (nSPS) is 14.5. The first kappa shape index (κ1) is 16.9. The Morgan fingerprint density at radius 1 is 1.00 bits per heavy atom. The minimum absolute atomic E-state index is 0.662. The average Bonchev–Trinajstić information content (AvgIpc) is 3.09. The van der Waals surface area contributed by atoms with Crippen LogP contribution in [0.25, 0.3) is 0 Å². The molecule has 2 aromatic rings. The molecule has 1 aliphatic rings. The first-order chi connectivity index (χ1) is 11.7. The summed E-state index contributed by atoms with van der Waals surface area (Å²) in [6.45, 7) is 6.62. The van der Waals surface area contributed by atoms with Gasteiger partial charge in [0.2, 0.25) is 0 Å². The number of benzene rings is 2. The summed E-state index contributed by atoms with van der Waals surface area (Å²) >= 11 is 5.39. The summed E-state index contributed by atoms with van der Waals surface area (Å²) in [5.74, 6) is 0. The maximum atomic E-state index is 5.39. The maximum Gasteiger partial charge on any atom is 0.171 e. The summed E-state index contributed by atoms with van der Waals surface area (Å²) < 4.78 is 0. The third-order valence-electron chi connectivity index (χ3n) is 4.63. The molecule has 2 aromatic carbocycles. The highest BCUT2D eigenvalue weighted by atomic mass is 32.1. The highest BCUT2D eigenvalue weighted by molar-refractivity contribution is 7.80. The van der Waals surface area contributed by atoms with Gasteiger partial charge in [-0.1, -0.05) is 42.5 Å². The highest BCUT2D eigenvalue weighted by Gasteiger charge is 2.15. The van der Waals surface area contributed by atoms with E-state index in [2.05, 4.69) is 47.9 Å². The van der Waals surface area contributed by atoms with Gasteiger partial charge in [-0.2, -0.15) is 0 Å². The lowest BCUT2D eigenvalue weighted by Gasteiger charge is -2.14. The van der Waals surface area contributed by atoms with Gasteiger partial charge < -0.3 is 15.5 Å². The first-order valence-electron chi connectivity index (χ1n) is 8.72. The van der Waals surface area contributed by atoms with Crippen molar-refractivity contribution in [1.29, 1.82) is 0 Å². The van der Waals surface area contributed by atoms with Gasteiger partial charge in [-0.15, -0.1) is 0 Å². The molecule has 126 valence electrons. The fourth-order valence-electron chi connectivity index (χ4n) is 3.18. The monoisotopic (exact) mass is 340 g/mol. The molecule has 0 aromatic heterocycles. The Morgan fingerprint density at radius 2 is 1.67 bits per heavy atom. The zero-order valence-corrected chi connectivity index (χ0v) is 15.1. The van der Waals surface area contributed by atoms with Crippen molar-refractivity contribution < 1.29 is 4.90 Å². The molecule has 3 rings (SSSR count). The van der Waals surface area contributed by atoms with E-state index in [0.29, 0.717) is 5.11 Å². The number of rotatable bonds is 5. The lowest BCUT2D eigenvalue weighted by atomic mass is 10.1. The van der Waals surface area contributed by atoms with E-state index in [-0.39, 0.29) is 0 Å². The molecule has 0 saturated carbocycles. The van der Waals surface area contributed by atoms with Crippen molar-refractivity contribution in [2.24, 2.45) is 0 Å². The van der Waals surface area contributed by atoms with Crippen molar-refractivity contribution in [3.8, 4) is 0 Å². The molecular weight excluding hydrogens is 314 g/mol. The van der Waals surface area contributed by atoms with E-state index in [0.717, 1.165) is 18.8 Å². The van der Waals surface area contributed by atoms with Crippen molar-refractivity contribution in [2.45, 2.75) is 32.9 Å². The van der Waals surface area contributed by atoms with Gasteiger partial charge in [0.05, 0.1) is 13.1 Å². The summed E-state index contributed by atoms with van der Waals surface area (Å²) in [7, 11) is 0. The highest BCUT2D eigenvalue weighted by Crippen LogP contribution is 2.13. The van der Waals surface area contributed by atoms with Gasteiger partial charge in [0.25, 0.3) is 0 Å². The first-order valence-corrected chi connectivity index (χ1v) is 9.13. The fourth-order valence-corrected chi connectivity index (χ4v) is 3.36. The maximum absolute atomic E-state index is 5.39. The van der Waals surface area contributed by atoms with Gasteiger partial charge >= 0.3 is 0 Å². The Balaban J connectivity index is 1.47. The summed E-state index contributed by atoms with van der Waals surface area (Å²) in [5, 5.41) is 7.20. The van der Waals surface area contributed by atoms with Crippen molar-refractivity contribution in [1.82, 2.24) is 5.32 Å². The van der Waals surface area contributed by atoms with Gasteiger partial charge in [0.1, 0.15) is 6.54 Å². The van der Waals surface area contributed by atoms with Gasteiger partial charge in [-0.05, 0) is 36.3 Å². The predicted molar refractivity (Wildman–Crippen MR) is 104 cm³/mol. The van der Waals surface area contributed by atoms with Gasteiger partial charge in [0, 0.05) is 30.6 Å². The third-order valence-corrected chi connectivity index (χ3v) is 4.88. The number of hydrogen-bond donors (Lipinski definition) is 3. The summed E-state index contributed by atoms with van der Waals surface area (Å²) in [4.78, 5) is 1.71. The summed E-state index contributed by atoms with van der Waals surface area (Å²) in [6.07, 6.45) is 2.76. The van der Waals surface area contributed by atoms with Crippen LogP contribution in [0.2, 0.25) is 0 Å². The molecule has 24 heavy (non-hydrogen) atoms. The van der Waals surface area contributed by atoms with Crippen LogP contribution >= 0.6 is 12.2 Å². The van der Waals surface area contributed by atoms with E-state index in [9.17, 15) is 0 Å². The molecule has 3 nitrogen and oxygen atoms in total. The molecule has 1 fully saturated rings. The molecule has 4 heteroatoms. The van der Waals surface area contributed by atoms with E-state index in [4.69, 9.17) is 12.2 Å². The zero-order chi connectivity index (χ0) is 16.8. The number of para-hydroxylation sites is 1. The number of thiocarbonyl (C=S) groups is 1. The molecular formula is C20H26N3S+. The van der Waals surface area contributed by atoms with Crippen LogP contribution in [-0.4, -0.2) is 18.2 Å². The Bertz CT molecular complexity index is 676. The van der Waals surface area contributed by atoms with Gasteiger partial charge in [-0.25, -0.2) is 0 Å². The van der Waals surface area contributed by atoms with Crippen LogP contribution in [0.4, 0.5) is 5.69 Å². The lowest BCUT2D eigenvalue weighted by molar-refractivity contribution is -0.901. The number of quaternary nitrogens is 1. The number of nitrogens with one attached hydrogen (secondary N) is 3. The van der Waals surface area contributed by atoms with Gasteiger partial charge in [0.15, 0.2) is 5.11 Å². The Hall–Kier alpha value is -1.91. The van der Waals surface area contributed by atoms with E-state index < -0.39 is 0 Å². The molecule has 0 atom stereocenters.